The van der Waals surface area contributed by atoms with Crippen LogP contribution in [-0.4, -0.2) is 27.2 Å². The first-order chi connectivity index (χ1) is 16.4. The molecule has 0 aliphatic carbocycles. The third-order valence-electron chi connectivity index (χ3n) is 5.97. The molecule has 0 radical (unpaired) electrons. The van der Waals surface area contributed by atoms with E-state index in [1.807, 2.05) is 30.3 Å². The van der Waals surface area contributed by atoms with Crippen LogP contribution in [0.15, 0.2) is 64.5 Å². The number of carbonyl (C=O) groups is 1. The summed E-state index contributed by atoms with van der Waals surface area (Å²) in [6.07, 6.45) is 0.793. The van der Waals surface area contributed by atoms with Crippen LogP contribution in [0.1, 0.15) is 34.6 Å². The number of ether oxygens (including phenoxy) is 1. The minimum atomic E-state index is -0.0976. The number of rotatable bonds is 6. The number of thioether (sulfide) groups is 1. The Labute approximate surface area is 210 Å². The molecule has 1 aliphatic rings. The van der Waals surface area contributed by atoms with Gasteiger partial charge in [0.2, 0.25) is 0 Å². The summed E-state index contributed by atoms with van der Waals surface area (Å²) in [5, 5.41) is 1.76. The van der Waals surface area contributed by atoms with Crippen LogP contribution in [0.2, 0.25) is 5.02 Å². The zero-order valence-electron chi connectivity index (χ0n) is 18.8. The molecular formula is C26H23ClN2O3S2. The van der Waals surface area contributed by atoms with Gasteiger partial charge in [-0.15, -0.1) is 11.3 Å². The van der Waals surface area contributed by atoms with Crippen LogP contribution < -0.4 is 5.56 Å². The monoisotopic (exact) mass is 510 g/mol. The second-order valence-electron chi connectivity index (χ2n) is 8.57. The molecule has 1 aliphatic heterocycles. The highest BCUT2D eigenvalue weighted by Gasteiger charge is 2.29. The molecule has 1 atom stereocenters. The number of carbonyl (C=O) groups excluding carboxylic acids is 1. The predicted molar refractivity (Wildman–Crippen MR) is 139 cm³/mol. The molecule has 5 rings (SSSR count). The van der Waals surface area contributed by atoms with Gasteiger partial charge in [-0.1, -0.05) is 55.4 Å². The average Bonchev–Trinajstić information content (AvgIpc) is 3.21. The lowest BCUT2D eigenvalue weighted by molar-refractivity contribution is 0.00200. The smallest absolute Gasteiger partial charge is 0.267 e. The Morgan fingerprint density at radius 2 is 1.94 bits per heavy atom. The van der Waals surface area contributed by atoms with E-state index in [0.29, 0.717) is 44.9 Å². The summed E-state index contributed by atoms with van der Waals surface area (Å²) in [4.78, 5) is 33.3. The molecule has 0 spiro atoms. The quantitative estimate of drug-likeness (QED) is 0.176. The highest BCUT2D eigenvalue weighted by molar-refractivity contribution is 7.99. The number of fused-ring (bicyclic) bond motifs is 3. The van der Waals surface area contributed by atoms with Gasteiger partial charge in [0.1, 0.15) is 4.83 Å². The number of Topliss-reactive ketones (excluding diaryl/α,β-unsaturated/α-hetero) is 1. The second kappa shape index (κ2) is 9.66. The van der Waals surface area contributed by atoms with E-state index in [-0.39, 0.29) is 23.2 Å². The van der Waals surface area contributed by atoms with Gasteiger partial charge in [-0.25, -0.2) is 4.98 Å². The van der Waals surface area contributed by atoms with Crippen molar-refractivity contribution in [2.24, 2.45) is 5.92 Å². The molecule has 1 unspecified atom stereocenters. The summed E-state index contributed by atoms with van der Waals surface area (Å²) < 4.78 is 7.67. The molecule has 2 aromatic heterocycles. The molecule has 0 N–H and O–H groups in total. The first kappa shape index (κ1) is 23.3. The number of hydrogen-bond donors (Lipinski definition) is 0. The van der Waals surface area contributed by atoms with Gasteiger partial charge < -0.3 is 4.74 Å². The van der Waals surface area contributed by atoms with E-state index in [2.05, 4.69) is 13.8 Å². The van der Waals surface area contributed by atoms with Crippen LogP contribution >= 0.6 is 34.7 Å². The summed E-state index contributed by atoms with van der Waals surface area (Å²) in [5.74, 6) is 0.478. The largest absolute Gasteiger partial charge is 0.372 e. The average molecular weight is 511 g/mol. The molecule has 2 aromatic carbocycles. The SMILES string of the molecule is CC(C)C1Cc2c(sc3nc(SCC(=O)c4ccc(Cl)cc4)n(-c4ccccc4)c(=O)c23)CO1. The molecule has 174 valence electrons. The maximum atomic E-state index is 13.9. The fraction of sp³-hybridized carbons (Fsp3) is 0.269. The highest BCUT2D eigenvalue weighted by Crippen LogP contribution is 2.36. The van der Waals surface area contributed by atoms with Crippen molar-refractivity contribution in [2.45, 2.75) is 38.1 Å². The number of aromatic nitrogens is 2. The number of nitrogens with zero attached hydrogens (tertiary/aromatic N) is 2. The van der Waals surface area contributed by atoms with Crippen LogP contribution in [0, 0.1) is 5.92 Å². The van der Waals surface area contributed by atoms with Gasteiger partial charge >= 0.3 is 0 Å². The summed E-state index contributed by atoms with van der Waals surface area (Å²) >= 11 is 8.74. The zero-order valence-corrected chi connectivity index (χ0v) is 21.2. The number of thiophene rings is 1. The summed E-state index contributed by atoms with van der Waals surface area (Å²) in [6, 6.07) is 16.3. The van der Waals surface area contributed by atoms with Crippen LogP contribution in [0.25, 0.3) is 15.9 Å². The molecule has 0 amide bonds. The van der Waals surface area contributed by atoms with Gasteiger partial charge in [0.05, 0.1) is 29.5 Å². The van der Waals surface area contributed by atoms with Gasteiger partial charge in [0, 0.05) is 21.9 Å². The van der Waals surface area contributed by atoms with Gasteiger partial charge in [-0.2, -0.15) is 0 Å². The van der Waals surface area contributed by atoms with Gasteiger partial charge in [-0.05, 0) is 47.9 Å². The van der Waals surface area contributed by atoms with Crippen molar-refractivity contribution in [3.05, 3.63) is 86.0 Å². The predicted octanol–water partition coefficient (Wildman–Crippen LogP) is 6.17. The van der Waals surface area contributed by atoms with Crippen LogP contribution in [0.4, 0.5) is 0 Å². The molecule has 3 heterocycles. The minimum Gasteiger partial charge on any atom is -0.372 e. The number of halogens is 1. The van der Waals surface area contributed by atoms with E-state index in [1.165, 1.54) is 23.1 Å². The van der Waals surface area contributed by atoms with E-state index in [1.54, 1.807) is 28.8 Å². The van der Waals surface area contributed by atoms with Gasteiger partial charge in [0.15, 0.2) is 10.9 Å². The summed E-state index contributed by atoms with van der Waals surface area (Å²) in [6.45, 7) is 4.77. The summed E-state index contributed by atoms with van der Waals surface area (Å²) in [7, 11) is 0. The van der Waals surface area contributed by atoms with Gasteiger partial charge in [-0.3, -0.25) is 14.2 Å². The van der Waals surface area contributed by atoms with Crippen molar-refractivity contribution in [3.63, 3.8) is 0 Å². The lowest BCUT2D eigenvalue weighted by atomic mass is 9.96. The third-order valence-corrected chi connectivity index (χ3v) is 8.26. The zero-order chi connectivity index (χ0) is 23.8. The van der Waals surface area contributed by atoms with E-state index in [9.17, 15) is 9.59 Å². The Hall–Kier alpha value is -2.45. The number of ketones is 1. The lowest BCUT2D eigenvalue weighted by Gasteiger charge is -2.26. The van der Waals surface area contributed by atoms with Crippen LogP contribution in [0.3, 0.4) is 0 Å². The molecule has 0 saturated heterocycles. The van der Waals surface area contributed by atoms with E-state index < -0.39 is 0 Å². The molecule has 34 heavy (non-hydrogen) atoms. The standard InChI is InChI=1S/C26H23ClN2O3S2/c1-15(2)21-12-19-22(13-32-21)34-24-23(19)25(31)29(18-6-4-3-5-7-18)26(28-24)33-14-20(30)16-8-10-17(27)11-9-16/h3-11,15,21H,12-14H2,1-2H3. The van der Waals surface area contributed by atoms with Crippen molar-refractivity contribution < 1.29 is 9.53 Å². The Kier molecular flexibility index (Phi) is 6.62. The minimum absolute atomic E-state index is 0.0470. The van der Waals surface area contributed by atoms with Crippen molar-refractivity contribution >= 4 is 50.7 Å². The molecule has 8 heteroatoms. The Morgan fingerprint density at radius 3 is 2.65 bits per heavy atom. The number of para-hydroxylation sites is 1. The highest BCUT2D eigenvalue weighted by atomic mass is 35.5. The van der Waals surface area contributed by atoms with Gasteiger partial charge in [0.25, 0.3) is 5.56 Å². The lowest BCUT2D eigenvalue weighted by Crippen LogP contribution is -2.28. The number of benzene rings is 2. The molecule has 0 fully saturated rings. The van der Waals surface area contributed by atoms with E-state index in [0.717, 1.165) is 16.1 Å². The van der Waals surface area contributed by atoms with Crippen molar-refractivity contribution in [3.8, 4) is 5.69 Å². The molecule has 5 nitrogen and oxygen atoms in total. The normalized spacial score (nSPS) is 15.6. The van der Waals surface area contributed by atoms with E-state index in [4.69, 9.17) is 21.3 Å². The topological polar surface area (TPSA) is 61.2 Å². The van der Waals surface area contributed by atoms with Crippen molar-refractivity contribution in [1.82, 2.24) is 9.55 Å². The second-order valence-corrected chi connectivity index (χ2v) is 11.0. The number of hydrogen-bond acceptors (Lipinski definition) is 6. The first-order valence-corrected chi connectivity index (χ1v) is 13.3. The molecule has 0 saturated carbocycles. The van der Waals surface area contributed by atoms with Crippen molar-refractivity contribution in [1.29, 1.82) is 0 Å². The Balaban J connectivity index is 1.58. The Bertz CT molecular complexity index is 1410. The fourth-order valence-electron chi connectivity index (χ4n) is 4.09. The fourth-order valence-corrected chi connectivity index (χ4v) is 6.28. The van der Waals surface area contributed by atoms with Crippen LogP contribution in [0.5, 0.6) is 0 Å². The summed E-state index contributed by atoms with van der Waals surface area (Å²) in [5.41, 5.74) is 2.27. The molecule has 4 aromatic rings. The molecule has 0 bridgehead atoms. The maximum Gasteiger partial charge on any atom is 0.267 e. The maximum absolute atomic E-state index is 13.9. The van der Waals surface area contributed by atoms with Crippen LogP contribution in [-0.2, 0) is 17.8 Å². The van der Waals surface area contributed by atoms with E-state index >= 15 is 0 Å². The van der Waals surface area contributed by atoms with Crippen molar-refractivity contribution in [2.75, 3.05) is 5.75 Å². The third kappa shape index (κ3) is 4.45. The Morgan fingerprint density at radius 1 is 1.21 bits per heavy atom. The molecular weight excluding hydrogens is 488 g/mol. The first-order valence-electron chi connectivity index (χ1n) is 11.1.